The Hall–Kier alpha value is -1.70. The summed E-state index contributed by atoms with van der Waals surface area (Å²) in [7, 11) is 1.24. The molecule has 1 aromatic rings. The minimum atomic E-state index is -0.607. The Kier molecular flexibility index (Phi) is 5.33. The van der Waals surface area contributed by atoms with E-state index in [-0.39, 0.29) is 31.0 Å². The molecular formula is C14H15ClN2O4S. The summed E-state index contributed by atoms with van der Waals surface area (Å²) in [5.41, 5.74) is 0.709. The van der Waals surface area contributed by atoms with Crippen LogP contribution in [0.25, 0.3) is 0 Å². The average Bonchev–Trinajstić information content (AvgIpc) is 2.80. The van der Waals surface area contributed by atoms with Crippen molar-refractivity contribution in [2.24, 2.45) is 0 Å². The Morgan fingerprint density at radius 2 is 2.27 bits per heavy atom. The van der Waals surface area contributed by atoms with Crippen molar-refractivity contribution in [2.45, 2.75) is 4.90 Å². The summed E-state index contributed by atoms with van der Waals surface area (Å²) in [4.78, 5) is 26.1. The van der Waals surface area contributed by atoms with Crippen molar-refractivity contribution < 1.29 is 19.4 Å². The number of anilines is 1. The Bertz CT molecular complexity index is 627. The lowest BCUT2D eigenvalue weighted by atomic mass is 10.2. The number of esters is 1. The minimum absolute atomic E-state index is 0.0702. The number of ether oxygens (including phenoxy) is 1. The number of aliphatic hydroxyl groups excluding tert-OH is 1. The predicted molar refractivity (Wildman–Crippen MR) is 85.0 cm³/mol. The van der Waals surface area contributed by atoms with Gasteiger partial charge in [-0.15, -0.1) is 12.6 Å². The third-order valence-electron chi connectivity index (χ3n) is 3.20. The largest absolute Gasteiger partial charge is 0.466 e. The van der Waals surface area contributed by atoms with Gasteiger partial charge in [-0.05, 0) is 12.1 Å². The molecule has 2 N–H and O–H groups in total. The molecule has 6 nitrogen and oxygen atoms in total. The number of benzene rings is 1. The molecule has 0 radical (unpaired) electrons. The number of carbonyl (C=O) groups excluding carboxylic acids is 2. The van der Waals surface area contributed by atoms with Gasteiger partial charge in [0.2, 0.25) is 0 Å². The highest BCUT2D eigenvalue weighted by Gasteiger charge is 2.34. The van der Waals surface area contributed by atoms with Crippen molar-refractivity contribution in [1.29, 1.82) is 0 Å². The van der Waals surface area contributed by atoms with E-state index in [9.17, 15) is 9.59 Å². The molecule has 0 unspecified atom stereocenters. The average molecular weight is 343 g/mol. The lowest BCUT2D eigenvalue weighted by Crippen LogP contribution is -2.31. The molecule has 22 heavy (non-hydrogen) atoms. The maximum absolute atomic E-state index is 12.4. The number of nitrogens with one attached hydrogen (secondary N) is 1. The number of hydrogen-bond donors (Lipinski definition) is 3. The highest BCUT2D eigenvalue weighted by atomic mass is 35.5. The molecule has 0 aliphatic carbocycles. The molecule has 1 heterocycles. The molecule has 1 aliphatic heterocycles. The molecule has 0 spiro atoms. The molecule has 0 aromatic heterocycles. The molecule has 1 aliphatic rings. The Morgan fingerprint density at radius 3 is 2.86 bits per heavy atom. The lowest BCUT2D eigenvalue weighted by molar-refractivity contribution is -0.136. The summed E-state index contributed by atoms with van der Waals surface area (Å²) in [6.07, 6.45) is 0. The quantitative estimate of drug-likeness (QED) is 0.555. The Labute approximate surface area is 138 Å². The van der Waals surface area contributed by atoms with E-state index in [1.807, 2.05) is 0 Å². The van der Waals surface area contributed by atoms with Crippen LogP contribution in [-0.2, 0) is 14.3 Å². The molecule has 0 atom stereocenters. The van der Waals surface area contributed by atoms with Gasteiger partial charge in [0.05, 0.1) is 36.5 Å². The summed E-state index contributed by atoms with van der Waals surface area (Å²) in [5.74, 6) is -1.01. The summed E-state index contributed by atoms with van der Waals surface area (Å²) in [6, 6.07) is 5.08. The number of rotatable bonds is 5. The standard InChI is InChI=1S/C14H15ClN2O4S/c1-21-14(20)8-7-17(5-6-18)13(19)11(8)16-12-9(15)3-2-4-10(12)22/h2-4,16,18,22H,5-7H2,1H3. The second-order valence-corrected chi connectivity index (χ2v) is 5.44. The third kappa shape index (κ3) is 3.21. The number of methoxy groups -OCH3 is 1. The van der Waals surface area contributed by atoms with E-state index in [1.165, 1.54) is 12.0 Å². The summed E-state index contributed by atoms with van der Waals surface area (Å²) >= 11 is 10.4. The molecule has 0 saturated carbocycles. The number of para-hydroxylation sites is 1. The van der Waals surface area contributed by atoms with Crippen LogP contribution in [0.5, 0.6) is 0 Å². The van der Waals surface area contributed by atoms with Gasteiger partial charge in [-0.2, -0.15) is 0 Å². The smallest absolute Gasteiger partial charge is 0.337 e. The van der Waals surface area contributed by atoms with Crippen molar-refractivity contribution >= 4 is 41.8 Å². The van der Waals surface area contributed by atoms with Gasteiger partial charge in [0, 0.05) is 11.4 Å². The highest BCUT2D eigenvalue weighted by Crippen LogP contribution is 2.32. The fourth-order valence-corrected chi connectivity index (χ4v) is 2.66. The van der Waals surface area contributed by atoms with E-state index in [2.05, 4.69) is 17.9 Å². The minimum Gasteiger partial charge on any atom is -0.466 e. The monoisotopic (exact) mass is 342 g/mol. The zero-order chi connectivity index (χ0) is 16.3. The number of halogens is 1. The Balaban J connectivity index is 2.39. The number of aliphatic hydroxyl groups is 1. The Morgan fingerprint density at radius 1 is 1.55 bits per heavy atom. The van der Waals surface area contributed by atoms with Crippen LogP contribution in [0.1, 0.15) is 0 Å². The second kappa shape index (κ2) is 7.04. The third-order valence-corrected chi connectivity index (χ3v) is 3.88. The lowest BCUT2D eigenvalue weighted by Gasteiger charge is -2.15. The molecule has 0 fully saturated rings. The van der Waals surface area contributed by atoms with E-state index < -0.39 is 11.9 Å². The maximum Gasteiger partial charge on any atom is 0.337 e. The van der Waals surface area contributed by atoms with Gasteiger partial charge >= 0.3 is 5.97 Å². The summed E-state index contributed by atoms with van der Waals surface area (Å²) < 4.78 is 4.71. The molecule has 8 heteroatoms. The van der Waals surface area contributed by atoms with Crippen molar-refractivity contribution in [3.05, 3.63) is 34.5 Å². The molecular weight excluding hydrogens is 328 g/mol. The summed E-state index contributed by atoms with van der Waals surface area (Å²) in [5, 5.41) is 12.3. The SMILES string of the molecule is COC(=O)C1=C(Nc2c(S)cccc2Cl)C(=O)N(CCO)C1. The van der Waals surface area contributed by atoms with Gasteiger partial charge in [0.25, 0.3) is 5.91 Å². The van der Waals surface area contributed by atoms with Crippen molar-refractivity contribution in [3.8, 4) is 0 Å². The van der Waals surface area contributed by atoms with E-state index in [1.54, 1.807) is 18.2 Å². The molecule has 118 valence electrons. The first kappa shape index (κ1) is 16.7. The van der Waals surface area contributed by atoms with Crippen LogP contribution in [0.2, 0.25) is 5.02 Å². The topological polar surface area (TPSA) is 78.9 Å². The van der Waals surface area contributed by atoms with E-state index >= 15 is 0 Å². The van der Waals surface area contributed by atoms with Crippen molar-refractivity contribution in [3.63, 3.8) is 0 Å². The zero-order valence-corrected chi connectivity index (χ0v) is 13.4. The number of nitrogens with zero attached hydrogens (tertiary/aromatic N) is 1. The maximum atomic E-state index is 12.4. The first-order valence-electron chi connectivity index (χ1n) is 6.45. The van der Waals surface area contributed by atoms with E-state index in [0.717, 1.165) is 0 Å². The summed E-state index contributed by atoms with van der Waals surface area (Å²) in [6.45, 7) is -0.00109. The highest BCUT2D eigenvalue weighted by molar-refractivity contribution is 7.80. The van der Waals surface area contributed by atoms with Gasteiger partial charge in [-0.1, -0.05) is 17.7 Å². The fourth-order valence-electron chi connectivity index (χ4n) is 2.11. The normalized spacial score (nSPS) is 14.5. The van der Waals surface area contributed by atoms with E-state index in [4.69, 9.17) is 21.4 Å². The van der Waals surface area contributed by atoms with Gasteiger partial charge in [-0.25, -0.2) is 4.79 Å². The van der Waals surface area contributed by atoms with Crippen LogP contribution in [0, 0.1) is 0 Å². The van der Waals surface area contributed by atoms with Crippen LogP contribution in [-0.4, -0.2) is 48.7 Å². The van der Waals surface area contributed by atoms with Crippen LogP contribution >= 0.6 is 24.2 Å². The molecule has 1 amide bonds. The van der Waals surface area contributed by atoms with Gasteiger partial charge < -0.3 is 20.1 Å². The van der Waals surface area contributed by atoms with Gasteiger partial charge in [0.1, 0.15) is 5.70 Å². The first-order valence-corrected chi connectivity index (χ1v) is 7.28. The molecule has 0 saturated heterocycles. The van der Waals surface area contributed by atoms with Crippen LogP contribution < -0.4 is 5.32 Å². The number of hydrogen-bond acceptors (Lipinski definition) is 6. The van der Waals surface area contributed by atoms with Crippen molar-refractivity contribution in [2.75, 3.05) is 32.1 Å². The first-order chi connectivity index (χ1) is 10.5. The zero-order valence-electron chi connectivity index (χ0n) is 11.8. The molecule has 0 bridgehead atoms. The molecule has 1 aromatic carbocycles. The number of thiol groups is 1. The predicted octanol–water partition coefficient (Wildman–Crippen LogP) is 1.30. The van der Waals surface area contributed by atoms with Gasteiger partial charge in [-0.3, -0.25) is 4.79 Å². The van der Waals surface area contributed by atoms with Crippen LogP contribution in [0.3, 0.4) is 0 Å². The van der Waals surface area contributed by atoms with Crippen LogP contribution in [0.15, 0.2) is 34.4 Å². The van der Waals surface area contributed by atoms with Gasteiger partial charge in [0.15, 0.2) is 0 Å². The molecule has 2 rings (SSSR count). The van der Waals surface area contributed by atoms with Crippen molar-refractivity contribution in [1.82, 2.24) is 4.90 Å². The number of amides is 1. The van der Waals surface area contributed by atoms with E-state index in [0.29, 0.717) is 15.6 Å². The van der Waals surface area contributed by atoms with Crippen LogP contribution in [0.4, 0.5) is 5.69 Å². The number of carbonyl (C=O) groups is 2. The second-order valence-electron chi connectivity index (χ2n) is 4.55. The number of β-amino-alcohol motifs (C(OH)–C–C–N with tert-alkyl or cyclic N) is 1. The fraction of sp³-hybridized carbons (Fsp3) is 0.286.